The summed E-state index contributed by atoms with van der Waals surface area (Å²) in [6.07, 6.45) is 0.963. The van der Waals surface area contributed by atoms with Crippen LogP contribution in [0.15, 0.2) is 35.7 Å². The van der Waals surface area contributed by atoms with E-state index < -0.39 is 16.3 Å². The Hall–Kier alpha value is -1.23. The zero-order valence-corrected chi connectivity index (χ0v) is 16.1. The number of halogens is 2. The Morgan fingerprint density at radius 1 is 1.27 bits per heavy atom. The summed E-state index contributed by atoms with van der Waals surface area (Å²) >= 11 is 8.07. The minimum Gasteiger partial charge on any atom is -0.468 e. The Bertz CT molecular complexity index is 742. The minimum atomic E-state index is -4.94. The largest absolute Gasteiger partial charge is 0.468 e. The first-order valence-electron chi connectivity index (χ1n) is 7.44. The molecule has 1 aromatic carbocycles. The van der Waals surface area contributed by atoms with Gasteiger partial charge in [-0.05, 0) is 35.1 Å². The lowest BCUT2D eigenvalue weighted by atomic mass is 10.0. The molecule has 0 amide bonds. The third-order valence-electron chi connectivity index (χ3n) is 3.83. The van der Waals surface area contributed by atoms with Crippen LogP contribution >= 0.6 is 22.9 Å². The number of ether oxygens (including phenoxy) is 1. The number of methoxy groups -OCH3 is 1. The molecule has 0 N–H and O–H groups in total. The van der Waals surface area contributed by atoms with Gasteiger partial charge in [-0.15, -0.1) is 21.6 Å². The molecule has 0 aliphatic carbocycles. The number of nitrogens with zero attached hydrogens (tertiary/aromatic N) is 1. The van der Waals surface area contributed by atoms with Crippen LogP contribution in [0.25, 0.3) is 0 Å². The molecular formula is C16H16Cl2NO6S-. The molecule has 2 aromatic rings. The van der Waals surface area contributed by atoms with E-state index >= 15 is 0 Å². The lowest BCUT2D eigenvalue weighted by molar-refractivity contribution is -2.00. The van der Waals surface area contributed by atoms with Crippen molar-refractivity contribution in [1.82, 2.24) is 4.90 Å². The Morgan fingerprint density at radius 2 is 1.92 bits per heavy atom. The average molecular weight is 421 g/mol. The molecule has 0 unspecified atom stereocenters. The fraction of sp³-hybridized carbons (Fsp3) is 0.312. The molecular weight excluding hydrogens is 405 g/mol. The van der Waals surface area contributed by atoms with Crippen molar-refractivity contribution in [3.63, 3.8) is 0 Å². The van der Waals surface area contributed by atoms with Crippen molar-refractivity contribution in [2.24, 2.45) is 0 Å². The molecule has 26 heavy (non-hydrogen) atoms. The van der Waals surface area contributed by atoms with Gasteiger partial charge in [-0.25, -0.2) is 23.4 Å². The molecule has 1 aliphatic heterocycles. The van der Waals surface area contributed by atoms with Crippen LogP contribution in [0.5, 0.6) is 0 Å². The second kappa shape index (κ2) is 9.12. The standard InChI is InChI=1S/C16H16ClNO2S.ClHO4/c1-20-16(19)15(12-4-2-3-5-13(12)17)18-8-6-14-11(10-18)7-9-21-14;2-1(3,4)5/h2-5,7,9,15H,6,8,10H2,1H3;(H,2,3,4,5)/p-1/t15-;/m1./s1. The van der Waals surface area contributed by atoms with Crippen LogP contribution in [-0.2, 0) is 22.5 Å². The molecule has 0 bridgehead atoms. The first kappa shape index (κ1) is 21.1. The maximum absolute atomic E-state index is 12.3. The number of carbonyl (C=O) groups is 1. The van der Waals surface area contributed by atoms with Gasteiger partial charge < -0.3 is 4.74 Å². The molecule has 1 aliphatic rings. The number of esters is 1. The second-order valence-electron chi connectivity index (χ2n) is 5.41. The van der Waals surface area contributed by atoms with Gasteiger partial charge in [0, 0.05) is 23.0 Å². The first-order chi connectivity index (χ1) is 12.2. The third kappa shape index (κ3) is 5.90. The quantitative estimate of drug-likeness (QED) is 0.578. The van der Waals surface area contributed by atoms with Gasteiger partial charge in [0.05, 0.1) is 7.11 Å². The van der Waals surface area contributed by atoms with Gasteiger partial charge in [0.1, 0.15) is 6.04 Å². The van der Waals surface area contributed by atoms with Crippen molar-refractivity contribution in [2.75, 3.05) is 13.7 Å². The molecule has 2 heterocycles. The van der Waals surface area contributed by atoms with E-state index in [9.17, 15) is 4.79 Å². The van der Waals surface area contributed by atoms with Crippen molar-refractivity contribution >= 4 is 28.9 Å². The van der Waals surface area contributed by atoms with Gasteiger partial charge in [-0.1, -0.05) is 29.8 Å². The predicted octanol–water partition coefficient (Wildman–Crippen LogP) is -1.08. The zero-order valence-electron chi connectivity index (χ0n) is 13.7. The highest BCUT2D eigenvalue weighted by atomic mass is 35.7. The first-order valence-corrected chi connectivity index (χ1v) is 9.93. The number of rotatable bonds is 3. The van der Waals surface area contributed by atoms with Crippen molar-refractivity contribution in [1.29, 1.82) is 0 Å². The number of thiophene rings is 1. The van der Waals surface area contributed by atoms with Crippen LogP contribution in [0.2, 0.25) is 5.02 Å². The Labute approximate surface area is 161 Å². The van der Waals surface area contributed by atoms with Gasteiger partial charge in [0.15, 0.2) is 0 Å². The van der Waals surface area contributed by atoms with Crippen LogP contribution in [0.3, 0.4) is 0 Å². The number of hydrogen-bond donors (Lipinski definition) is 0. The van der Waals surface area contributed by atoms with Crippen molar-refractivity contribution in [3.05, 3.63) is 56.7 Å². The van der Waals surface area contributed by atoms with Gasteiger partial charge >= 0.3 is 5.97 Å². The summed E-state index contributed by atoms with van der Waals surface area (Å²) < 4.78 is 39.0. The molecule has 3 rings (SSSR count). The molecule has 0 radical (unpaired) electrons. The summed E-state index contributed by atoms with van der Waals surface area (Å²) in [5.41, 5.74) is 2.11. The van der Waals surface area contributed by atoms with E-state index in [1.165, 1.54) is 17.6 Å². The van der Waals surface area contributed by atoms with Gasteiger partial charge in [0.25, 0.3) is 0 Å². The topological polar surface area (TPSA) is 122 Å². The van der Waals surface area contributed by atoms with Crippen LogP contribution in [0, 0.1) is 10.2 Å². The normalized spacial score (nSPS) is 15.5. The monoisotopic (exact) mass is 420 g/mol. The molecule has 0 fully saturated rings. The molecule has 0 spiro atoms. The summed E-state index contributed by atoms with van der Waals surface area (Å²) in [5.74, 6) is -0.262. The number of benzene rings is 1. The van der Waals surface area contributed by atoms with E-state index in [-0.39, 0.29) is 5.97 Å². The minimum absolute atomic E-state index is 0.262. The molecule has 10 heteroatoms. The number of carbonyl (C=O) groups excluding carboxylic acids is 1. The second-order valence-corrected chi connectivity index (χ2v) is 7.58. The lowest BCUT2D eigenvalue weighted by Gasteiger charge is -2.33. The van der Waals surface area contributed by atoms with Crippen LogP contribution in [0.1, 0.15) is 22.0 Å². The van der Waals surface area contributed by atoms with E-state index in [0.717, 1.165) is 25.1 Å². The fourth-order valence-corrected chi connectivity index (χ4v) is 3.90. The third-order valence-corrected chi connectivity index (χ3v) is 5.19. The zero-order chi connectivity index (χ0) is 19.3. The van der Waals surface area contributed by atoms with Crippen LogP contribution in [0.4, 0.5) is 0 Å². The van der Waals surface area contributed by atoms with E-state index in [4.69, 9.17) is 35.0 Å². The molecule has 0 saturated carbocycles. The lowest BCUT2D eigenvalue weighted by Crippen LogP contribution is -2.68. The van der Waals surface area contributed by atoms with Crippen molar-refractivity contribution in [3.8, 4) is 0 Å². The van der Waals surface area contributed by atoms with Gasteiger partial charge in [0.2, 0.25) is 0 Å². The van der Waals surface area contributed by atoms with E-state index in [1.54, 1.807) is 11.3 Å². The predicted molar refractivity (Wildman–Crippen MR) is 84.6 cm³/mol. The summed E-state index contributed by atoms with van der Waals surface area (Å²) in [5, 5.41) is 2.71. The van der Waals surface area contributed by atoms with E-state index in [0.29, 0.717) is 5.02 Å². The maximum Gasteiger partial charge on any atom is 0.327 e. The Kier molecular flexibility index (Phi) is 7.39. The number of hydrogen-bond acceptors (Lipinski definition) is 8. The SMILES string of the molecule is COC(=O)[C@@H](c1ccccc1Cl)N1CCc2sccc2C1.[O-][Cl+3]([O-])([O-])[O-]. The smallest absolute Gasteiger partial charge is 0.327 e. The summed E-state index contributed by atoms with van der Waals surface area (Å²) in [4.78, 5) is 15.8. The number of fused-ring (bicyclic) bond motifs is 1. The summed E-state index contributed by atoms with van der Waals surface area (Å²) in [6, 6.07) is 9.16. The van der Waals surface area contributed by atoms with E-state index in [2.05, 4.69) is 16.3 Å². The van der Waals surface area contributed by atoms with Crippen molar-refractivity contribution < 1.29 is 38.4 Å². The van der Waals surface area contributed by atoms with Gasteiger partial charge in [-0.2, -0.15) is 0 Å². The molecule has 0 saturated heterocycles. The highest BCUT2D eigenvalue weighted by molar-refractivity contribution is 7.10. The van der Waals surface area contributed by atoms with Crippen LogP contribution in [-0.4, -0.2) is 24.5 Å². The summed E-state index contributed by atoms with van der Waals surface area (Å²) in [7, 11) is -3.52. The highest BCUT2D eigenvalue weighted by Gasteiger charge is 2.32. The molecule has 7 nitrogen and oxygen atoms in total. The Balaban J connectivity index is 0.000000431. The van der Waals surface area contributed by atoms with Gasteiger partial charge in [-0.3, -0.25) is 4.90 Å². The fourth-order valence-electron chi connectivity index (χ4n) is 2.77. The molecule has 1 aromatic heterocycles. The van der Waals surface area contributed by atoms with Crippen LogP contribution < -0.4 is 18.6 Å². The highest BCUT2D eigenvalue weighted by Crippen LogP contribution is 2.33. The Morgan fingerprint density at radius 3 is 2.54 bits per heavy atom. The molecule has 142 valence electrons. The summed E-state index contributed by atoms with van der Waals surface area (Å²) in [6.45, 7) is 1.59. The maximum atomic E-state index is 12.3. The van der Waals surface area contributed by atoms with E-state index in [1.807, 2.05) is 24.3 Å². The van der Waals surface area contributed by atoms with Crippen molar-refractivity contribution in [2.45, 2.75) is 19.0 Å². The molecule has 1 atom stereocenters. The average Bonchev–Trinajstić information content (AvgIpc) is 3.03.